The van der Waals surface area contributed by atoms with E-state index in [1.807, 2.05) is 0 Å². The van der Waals surface area contributed by atoms with E-state index in [0.29, 0.717) is 12.1 Å². The molecule has 11 heteroatoms. The zero-order chi connectivity index (χ0) is 21.8. The molecule has 1 aliphatic heterocycles. The molecule has 1 aliphatic rings. The van der Waals surface area contributed by atoms with E-state index < -0.39 is 56.3 Å². The van der Waals surface area contributed by atoms with Crippen molar-refractivity contribution < 1.29 is 44.6 Å². The van der Waals surface area contributed by atoms with Crippen LogP contribution in [0.2, 0.25) is 0 Å². The highest BCUT2D eigenvalue weighted by Gasteiger charge is 2.50. The van der Waals surface area contributed by atoms with Crippen LogP contribution in [0.4, 0.5) is 26.3 Å². The van der Waals surface area contributed by atoms with Gasteiger partial charge in [0.25, 0.3) is 0 Å². The van der Waals surface area contributed by atoms with Crippen LogP contribution in [0, 0.1) is 0 Å². The molecule has 3 atom stereocenters. The van der Waals surface area contributed by atoms with Gasteiger partial charge < -0.3 is 9.84 Å². The molecule has 158 valence electrons. The highest BCUT2D eigenvalue weighted by molar-refractivity contribution is 7.92. The first-order valence-corrected chi connectivity index (χ1v) is 9.66. The first-order chi connectivity index (χ1) is 13.3. The van der Waals surface area contributed by atoms with Gasteiger partial charge in [-0.1, -0.05) is 18.2 Å². The summed E-state index contributed by atoms with van der Waals surface area (Å²) in [6.45, 7) is 0. The fourth-order valence-electron chi connectivity index (χ4n) is 3.41. The molecule has 0 radical (unpaired) electrons. The molecule has 0 saturated carbocycles. The Bertz CT molecular complexity index is 997. The van der Waals surface area contributed by atoms with Crippen molar-refractivity contribution in [2.75, 3.05) is 7.11 Å². The summed E-state index contributed by atoms with van der Waals surface area (Å²) in [7, 11) is -3.34. The van der Waals surface area contributed by atoms with Crippen molar-refractivity contribution in [3.05, 3.63) is 64.7 Å². The summed E-state index contributed by atoms with van der Waals surface area (Å²) in [5.41, 5.74) is -3.86. The van der Waals surface area contributed by atoms with Gasteiger partial charge in [0.1, 0.15) is 17.5 Å². The summed E-state index contributed by atoms with van der Waals surface area (Å²) in [5.74, 6) is 0. The molecule has 0 spiro atoms. The molecule has 3 unspecified atom stereocenters. The summed E-state index contributed by atoms with van der Waals surface area (Å²) >= 11 is 0. The van der Waals surface area contributed by atoms with E-state index in [1.54, 1.807) is 0 Å². The van der Waals surface area contributed by atoms with Crippen molar-refractivity contribution in [2.24, 2.45) is 0 Å². The third-order valence-corrected chi connectivity index (χ3v) is 6.91. The Balaban J connectivity index is 2.19. The molecule has 0 saturated heterocycles. The number of hydrogen-bond donors (Lipinski definition) is 1. The Hall–Kier alpha value is -2.11. The average Bonchev–Trinajstić information content (AvgIpc) is 2.82. The second-order valence-electron chi connectivity index (χ2n) is 6.49. The second kappa shape index (κ2) is 6.99. The Morgan fingerprint density at radius 3 is 1.93 bits per heavy atom. The number of aliphatic hydroxyl groups excluding tert-OH is 1. The molecule has 3 rings (SSSR count). The van der Waals surface area contributed by atoms with Gasteiger partial charge in [-0.05, 0) is 29.8 Å². The minimum Gasteiger partial charge on any atom is -0.387 e. The maximum absolute atomic E-state index is 13.1. The van der Waals surface area contributed by atoms with Gasteiger partial charge in [-0.15, -0.1) is 0 Å². The first-order valence-electron chi connectivity index (χ1n) is 8.11. The summed E-state index contributed by atoms with van der Waals surface area (Å²) in [6.07, 6.45) is -13.7. The molecular formula is C18H14F6O4S. The highest BCUT2D eigenvalue weighted by atomic mass is 32.2. The Labute approximate surface area is 161 Å². The number of hydrogen-bond acceptors (Lipinski definition) is 4. The van der Waals surface area contributed by atoms with E-state index in [0.717, 1.165) is 7.11 Å². The van der Waals surface area contributed by atoms with Gasteiger partial charge in [-0.2, -0.15) is 26.3 Å². The minimum atomic E-state index is -5.11. The van der Waals surface area contributed by atoms with Crippen LogP contribution < -0.4 is 0 Å². The molecule has 4 nitrogen and oxygen atoms in total. The van der Waals surface area contributed by atoms with Crippen molar-refractivity contribution in [2.45, 2.75) is 34.7 Å². The number of methoxy groups -OCH3 is 1. The monoisotopic (exact) mass is 440 g/mol. The number of rotatable bonds is 3. The van der Waals surface area contributed by atoms with Gasteiger partial charge in [0.2, 0.25) is 0 Å². The lowest BCUT2D eigenvalue weighted by atomic mass is 9.95. The predicted octanol–water partition coefficient (Wildman–Crippen LogP) is 4.30. The standard InChI is InChI=1S/C18H14F6O4S/c1-28-15(16-14(25)12-4-2-3-5-13(12)29(16,26)27)9-6-10(17(19,20)21)8-11(7-9)18(22,23)24/h2-8,14-16,25H,1H3. The van der Waals surface area contributed by atoms with Gasteiger partial charge in [0, 0.05) is 12.7 Å². The molecule has 0 bridgehead atoms. The SMILES string of the molecule is COC(c1cc(C(F)(F)F)cc(C(F)(F)F)c1)C1C(O)c2ccccc2S1(=O)=O. The molecule has 0 fully saturated rings. The number of ether oxygens (including phenoxy) is 1. The number of halogens is 6. The third kappa shape index (κ3) is 3.74. The summed E-state index contributed by atoms with van der Waals surface area (Å²) in [6, 6.07) is 6.09. The minimum absolute atomic E-state index is 0.00238. The second-order valence-corrected chi connectivity index (χ2v) is 8.56. The molecule has 2 aromatic rings. The molecule has 0 amide bonds. The zero-order valence-corrected chi connectivity index (χ0v) is 15.4. The van der Waals surface area contributed by atoms with Crippen molar-refractivity contribution in [1.82, 2.24) is 0 Å². The number of sulfone groups is 1. The molecular weight excluding hydrogens is 426 g/mol. The Morgan fingerprint density at radius 2 is 1.48 bits per heavy atom. The first kappa shape index (κ1) is 21.6. The van der Waals surface area contributed by atoms with E-state index in [2.05, 4.69) is 0 Å². The lowest BCUT2D eigenvalue weighted by Crippen LogP contribution is -2.30. The number of benzene rings is 2. The summed E-state index contributed by atoms with van der Waals surface area (Å²) < 4.78 is 110. The van der Waals surface area contributed by atoms with Gasteiger partial charge >= 0.3 is 12.4 Å². The van der Waals surface area contributed by atoms with E-state index in [4.69, 9.17) is 4.74 Å². The van der Waals surface area contributed by atoms with Crippen molar-refractivity contribution in [1.29, 1.82) is 0 Å². The van der Waals surface area contributed by atoms with Crippen molar-refractivity contribution >= 4 is 9.84 Å². The maximum Gasteiger partial charge on any atom is 0.416 e. The van der Waals surface area contributed by atoms with E-state index in [-0.39, 0.29) is 16.5 Å². The van der Waals surface area contributed by atoms with Gasteiger partial charge in [-0.3, -0.25) is 0 Å². The quantitative estimate of drug-likeness (QED) is 0.723. The summed E-state index contributed by atoms with van der Waals surface area (Å²) in [4.78, 5) is -0.248. The van der Waals surface area contributed by atoms with Crippen LogP contribution >= 0.6 is 0 Å². The van der Waals surface area contributed by atoms with Crippen LogP contribution in [0.1, 0.15) is 34.5 Å². The highest BCUT2D eigenvalue weighted by Crippen LogP contribution is 2.47. The van der Waals surface area contributed by atoms with Gasteiger partial charge in [-0.25, -0.2) is 8.42 Å². The molecule has 2 aromatic carbocycles. The molecule has 29 heavy (non-hydrogen) atoms. The topological polar surface area (TPSA) is 63.6 Å². The normalized spacial score (nSPS) is 22.3. The predicted molar refractivity (Wildman–Crippen MR) is 88.6 cm³/mol. The number of fused-ring (bicyclic) bond motifs is 1. The summed E-state index contributed by atoms with van der Waals surface area (Å²) in [5, 5.41) is 8.68. The lowest BCUT2D eigenvalue weighted by molar-refractivity contribution is -0.143. The fraction of sp³-hybridized carbons (Fsp3) is 0.333. The zero-order valence-electron chi connectivity index (χ0n) is 14.6. The Morgan fingerprint density at radius 1 is 0.966 bits per heavy atom. The molecule has 0 aliphatic carbocycles. The maximum atomic E-state index is 13.1. The molecule has 0 aromatic heterocycles. The van der Waals surface area contributed by atoms with Crippen molar-refractivity contribution in [3.8, 4) is 0 Å². The van der Waals surface area contributed by atoms with Crippen LogP contribution in [-0.4, -0.2) is 25.9 Å². The van der Waals surface area contributed by atoms with Gasteiger partial charge in [0.05, 0.1) is 16.0 Å². The molecule has 1 heterocycles. The van der Waals surface area contributed by atoms with E-state index >= 15 is 0 Å². The van der Waals surface area contributed by atoms with E-state index in [9.17, 15) is 39.9 Å². The van der Waals surface area contributed by atoms with Crippen LogP contribution in [0.5, 0.6) is 0 Å². The van der Waals surface area contributed by atoms with Gasteiger partial charge in [0.15, 0.2) is 9.84 Å². The Kier molecular flexibility index (Phi) is 5.21. The van der Waals surface area contributed by atoms with Crippen molar-refractivity contribution in [3.63, 3.8) is 0 Å². The van der Waals surface area contributed by atoms with E-state index in [1.165, 1.54) is 24.3 Å². The van der Waals surface area contributed by atoms with Crippen LogP contribution in [-0.2, 0) is 26.9 Å². The lowest BCUT2D eigenvalue weighted by Gasteiger charge is -2.26. The van der Waals surface area contributed by atoms with Crippen LogP contribution in [0.3, 0.4) is 0 Å². The third-order valence-electron chi connectivity index (χ3n) is 4.70. The fourth-order valence-corrected chi connectivity index (χ4v) is 5.57. The van der Waals surface area contributed by atoms with Crippen LogP contribution in [0.25, 0.3) is 0 Å². The van der Waals surface area contributed by atoms with Crippen LogP contribution in [0.15, 0.2) is 47.4 Å². The smallest absolute Gasteiger partial charge is 0.387 e. The largest absolute Gasteiger partial charge is 0.416 e. The average molecular weight is 440 g/mol. The number of alkyl halides is 6. The molecule has 1 N–H and O–H groups in total. The number of aliphatic hydroxyl groups is 1.